The Morgan fingerprint density at radius 1 is 0.966 bits per heavy atom. The number of nitrogens with one attached hydrogen (secondary N) is 1. The van der Waals surface area contributed by atoms with E-state index in [1.807, 2.05) is 18.2 Å². The molecular weight excluding hydrogens is 451 g/mol. The van der Waals surface area contributed by atoms with Crippen LogP contribution in [0.15, 0.2) is 76.4 Å². The van der Waals surface area contributed by atoms with Gasteiger partial charge in [0.05, 0.1) is 21.7 Å². The molecule has 0 aliphatic carbocycles. The zero-order valence-electron chi connectivity index (χ0n) is 14.8. The molecule has 4 aromatic rings. The summed E-state index contributed by atoms with van der Waals surface area (Å²) in [6, 6.07) is 18.3. The van der Waals surface area contributed by atoms with Gasteiger partial charge in [-0.1, -0.05) is 52.7 Å². The molecule has 1 heterocycles. The summed E-state index contributed by atoms with van der Waals surface area (Å²) in [6.45, 7) is 0.313. The first kappa shape index (κ1) is 20.0. The zero-order chi connectivity index (χ0) is 20.6. The fourth-order valence-electron chi connectivity index (χ4n) is 2.89. The molecule has 0 aliphatic heterocycles. The molecule has 5 nitrogen and oxygen atoms in total. The first-order valence-corrected chi connectivity index (χ1v) is 11.5. The van der Waals surface area contributed by atoms with Gasteiger partial charge in [0.2, 0.25) is 0 Å². The molecule has 9 heteroatoms. The van der Waals surface area contributed by atoms with Crippen LogP contribution in [-0.4, -0.2) is 13.0 Å². The van der Waals surface area contributed by atoms with Crippen LogP contribution in [0.5, 0.6) is 0 Å². The van der Waals surface area contributed by atoms with E-state index in [4.69, 9.17) is 23.2 Å². The number of rotatable bonds is 5. The summed E-state index contributed by atoms with van der Waals surface area (Å²) < 4.78 is 30.1. The minimum Gasteiger partial charge on any atom is -0.294 e. The third kappa shape index (κ3) is 4.18. The number of halogens is 2. The Kier molecular flexibility index (Phi) is 5.40. The molecule has 0 amide bonds. The van der Waals surface area contributed by atoms with Gasteiger partial charge in [-0.05, 0) is 54.1 Å². The Hall–Kier alpha value is -2.32. The van der Waals surface area contributed by atoms with Crippen LogP contribution in [0.3, 0.4) is 0 Å². The van der Waals surface area contributed by atoms with E-state index in [1.54, 1.807) is 41.0 Å². The molecule has 0 aliphatic rings. The second-order valence-electron chi connectivity index (χ2n) is 6.29. The van der Waals surface area contributed by atoms with Crippen LogP contribution in [0.25, 0.3) is 10.2 Å². The Balaban J connectivity index is 1.69. The number of fused-ring (bicyclic) bond motifs is 1. The van der Waals surface area contributed by atoms with Crippen molar-refractivity contribution in [3.63, 3.8) is 0 Å². The molecule has 0 saturated carbocycles. The Morgan fingerprint density at radius 3 is 2.41 bits per heavy atom. The van der Waals surface area contributed by atoms with Crippen molar-refractivity contribution in [3.05, 3.63) is 92.0 Å². The molecule has 0 atom stereocenters. The van der Waals surface area contributed by atoms with E-state index < -0.39 is 10.0 Å². The summed E-state index contributed by atoms with van der Waals surface area (Å²) in [5.41, 5.74) is 1.88. The van der Waals surface area contributed by atoms with Gasteiger partial charge in [0, 0.05) is 15.7 Å². The molecule has 3 aromatic carbocycles. The van der Waals surface area contributed by atoms with Crippen LogP contribution >= 0.6 is 34.5 Å². The SMILES string of the molecule is O=c1sc2cc(S(=O)(=O)Nc3ccc(Cl)cc3)ccc2n1Cc1ccccc1Cl. The van der Waals surface area contributed by atoms with Gasteiger partial charge < -0.3 is 0 Å². The normalized spacial score (nSPS) is 11.7. The second kappa shape index (κ2) is 7.84. The molecule has 0 spiro atoms. The minimum absolute atomic E-state index is 0.0751. The zero-order valence-corrected chi connectivity index (χ0v) is 17.9. The molecule has 1 aromatic heterocycles. The predicted octanol–water partition coefficient (Wildman–Crippen LogP) is 5.22. The van der Waals surface area contributed by atoms with Gasteiger partial charge >= 0.3 is 4.87 Å². The number of sulfonamides is 1. The lowest BCUT2D eigenvalue weighted by Crippen LogP contribution is -2.14. The molecule has 4 rings (SSSR count). The number of thiazole rings is 1. The highest BCUT2D eigenvalue weighted by molar-refractivity contribution is 7.92. The number of anilines is 1. The topological polar surface area (TPSA) is 68.2 Å². The molecule has 0 fully saturated rings. The summed E-state index contributed by atoms with van der Waals surface area (Å²) in [5, 5.41) is 1.09. The summed E-state index contributed by atoms with van der Waals surface area (Å²) in [6.07, 6.45) is 0. The summed E-state index contributed by atoms with van der Waals surface area (Å²) in [5.74, 6) is 0. The van der Waals surface area contributed by atoms with Crippen LogP contribution in [-0.2, 0) is 16.6 Å². The summed E-state index contributed by atoms with van der Waals surface area (Å²) >= 11 is 13.0. The summed E-state index contributed by atoms with van der Waals surface area (Å²) in [7, 11) is -3.81. The van der Waals surface area contributed by atoms with Crippen molar-refractivity contribution < 1.29 is 8.42 Å². The quantitative estimate of drug-likeness (QED) is 0.440. The first-order chi connectivity index (χ1) is 13.8. The van der Waals surface area contributed by atoms with Crippen molar-refractivity contribution in [1.82, 2.24) is 4.57 Å². The third-order valence-corrected chi connectivity index (χ3v) is 7.27. The maximum atomic E-state index is 12.7. The monoisotopic (exact) mass is 464 g/mol. The van der Waals surface area contributed by atoms with Crippen molar-refractivity contribution in [2.24, 2.45) is 0 Å². The molecule has 0 unspecified atom stereocenters. The van der Waals surface area contributed by atoms with Crippen molar-refractivity contribution >= 4 is 60.5 Å². The van der Waals surface area contributed by atoms with Gasteiger partial charge in [-0.2, -0.15) is 0 Å². The number of hydrogen-bond donors (Lipinski definition) is 1. The van der Waals surface area contributed by atoms with Crippen LogP contribution in [0.1, 0.15) is 5.56 Å². The van der Waals surface area contributed by atoms with Gasteiger partial charge in [-0.25, -0.2) is 8.42 Å². The highest BCUT2D eigenvalue weighted by atomic mass is 35.5. The highest BCUT2D eigenvalue weighted by Crippen LogP contribution is 2.25. The largest absolute Gasteiger partial charge is 0.308 e. The average Bonchev–Trinajstić information content (AvgIpc) is 3.00. The fourth-order valence-corrected chi connectivity index (χ4v) is 5.30. The Morgan fingerprint density at radius 2 is 1.69 bits per heavy atom. The number of aromatic nitrogens is 1. The van der Waals surface area contributed by atoms with Crippen LogP contribution < -0.4 is 9.60 Å². The van der Waals surface area contributed by atoms with Crippen molar-refractivity contribution in [3.8, 4) is 0 Å². The molecule has 0 bridgehead atoms. The van der Waals surface area contributed by atoms with E-state index in [-0.39, 0.29) is 9.77 Å². The van der Waals surface area contributed by atoms with Gasteiger partial charge in [0.25, 0.3) is 10.0 Å². The summed E-state index contributed by atoms with van der Waals surface area (Å²) in [4.78, 5) is 12.4. The van der Waals surface area contributed by atoms with Crippen molar-refractivity contribution in [2.45, 2.75) is 11.4 Å². The molecular formula is C20H14Cl2N2O3S2. The van der Waals surface area contributed by atoms with E-state index in [2.05, 4.69) is 4.72 Å². The minimum atomic E-state index is -3.81. The molecule has 0 radical (unpaired) electrons. The molecule has 0 saturated heterocycles. The lowest BCUT2D eigenvalue weighted by Gasteiger charge is -2.09. The smallest absolute Gasteiger partial charge is 0.294 e. The van der Waals surface area contributed by atoms with E-state index in [0.29, 0.717) is 32.5 Å². The van der Waals surface area contributed by atoms with Gasteiger partial charge in [0.15, 0.2) is 0 Å². The maximum absolute atomic E-state index is 12.7. The third-order valence-electron chi connectivity index (χ3n) is 4.33. The van der Waals surface area contributed by atoms with Crippen molar-refractivity contribution in [1.29, 1.82) is 0 Å². The second-order valence-corrected chi connectivity index (χ2v) is 9.81. The van der Waals surface area contributed by atoms with Crippen molar-refractivity contribution in [2.75, 3.05) is 4.72 Å². The molecule has 1 N–H and O–H groups in total. The number of benzene rings is 3. The average molecular weight is 465 g/mol. The first-order valence-electron chi connectivity index (χ1n) is 8.49. The van der Waals surface area contributed by atoms with E-state index in [1.165, 1.54) is 12.1 Å². The highest BCUT2D eigenvalue weighted by Gasteiger charge is 2.17. The number of hydrogen-bond acceptors (Lipinski definition) is 4. The standard InChI is InChI=1S/C20H14Cl2N2O3S2/c21-14-5-7-15(8-6-14)23-29(26,27)16-9-10-18-19(11-16)28-20(25)24(18)12-13-3-1-2-4-17(13)22/h1-11,23H,12H2. The Bertz CT molecular complexity index is 1360. The van der Waals surface area contributed by atoms with Crippen LogP contribution in [0.2, 0.25) is 10.0 Å². The lowest BCUT2D eigenvalue weighted by molar-refractivity contribution is 0.601. The van der Waals surface area contributed by atoms with Gasteiger partial charge in [-0.15, -0.1) is 0 Å². The van der Waals surface area contributed by atoms with E-state index in [9.17, 15) is 13.2 Å². The Labute approximate surface area is 181 Å². The number of nitrogens with zero attached hydrogens (tertiary/aromatic N) is 1. The van der Waals surface area contributed by atoms with E-state index >= 15 is 0 Å². The van der Waals surface area contributed by atoms with Gasteiger partial charge in [0.1, 0.15) is 0 Å². The maximum Gasteiger partial charge on any atom is 0.308 e. The van der Waals surface area contributed by atoms with Crippen LogP contribution in [0, 0.1) is 0 Å². The molecule has 148 valence electrons. The predicted molar refractivity (Wildman–Crippen MR) is 119 cm³/mol. The lowest BCUT2D eigenvalue weighted by atomic mass is 10.2. The fraction of sp³-hybridized carbons (Fsp3) is 0.0500. The van der Waals surface area contributed by atoms with Crippen LogP contribution in [0.4, 0.5) is 5.69 Å². The van der Waals surface area contributed by atoms with E-state index in [0.717, 1.165) is 16.9 Å². The van der Waals surface area contributed by atoms with Gasteiger partial charge in [-0.3, -0.25) is 14.1 Å². The molecule has 29 heavy (non-hydrogen) atoms.